The van der Waals surface area contributed by atoms with E-state index in [0.29, 0.717) is 5.75 Å². The monoisotopic (exact) mass is 302 g/mol. The average Bonchev–Trinajstić information content (AvgIpc) is 2.45. The molecule has 118 valence electrons. The fourth-order valence-corrected chi connectivity index (χ4v) is 4.38. The summed E-state index contributed by atoms with van der Waals surface area (Å²) in [5, 5.41) is 0. The Morgan fingerprint density at radius 2 is 1.86 bits per heavy atom. The Balaban J connectivity index is 2.25. The molecule has 3 rings (SSSR count). The summed E-state index contributed by atoms with van der Waals surface area (Å²) in [6.07, 6.45) is 0. The number of fused-ring (bicyclic) bond motifs is 3. The second-order valence-corrected chi connectivity index (χ2v) is 7.24. The largest absolute Gasteiger partial charge is 0.465 e. The first-order chi connectivity index (χ1) is 10.2. The maximum Gasteiger partial charge on any atom is 0.330 e. The van der Waals surface area contributed by atoms with E-state index in [1.807, 2.05) is 32.0 Å². The summed E-state index contributed by atoms with van der Waals surface area (Å²) in [5.41, 5.74) is -1.13. The summed E-state index contributed by atoms with van der Waals surface area (Å²) in [6.45, 7) is 10.1. The highest BCUT2D eigenvalue weighted by Crippen LogP contribution is 2.77. The molecular weight excluding hydrogens is 280 g/mol. The van der Waals surface area contributed by atoms with Crippen molar-refractivity contribution in [2.24, 2.45) is 16.2 Å². The summed E-state index contributed by atoms with van der Waals surface area (Å²) in [5.74, 6) is -0.629. The van der Waals surface area contributed by atoms with Crippen LogP contribution in [0, 0.1) is 16.2 Å². The predicted octanol–water partition coefficient (Wildman–Crippen LogP) is 3.30. The Hall–Kier alpha value is -1.84. The van der Waals surface area contributed by atoms with Crippen LogP contribution in [-0.4, -0.2) is 18.5 Å². The normalized spacial score (nSPS) is 30.4. The number of hydrogen-bond donors (Lipinski definition) is 0. The van der Waals surface area contributed by atoms with E-state index in [1.165, 1.54) is 0 Å². The van der Waals surface area contributed by atoms with Crippen molar-refractivity contribution in [3.63, 3.8) is 0 Å². The van der Waals surface area contributed by atoms with E-state index in [9.17, 15) is 9.59 Å². The lowest BCUT2D eigenvalue weighted by Crippen LogP contribution is -2.75. The van der Waals surface area contributed by atoms with Crippen LogP contribution in [0.5, 0.6) is 5.75 Å². The Morgan fingerprint density at radius 1 is 1.23 bits per heavy atom. The van der Waals surface area contributed by atoms with Crippen molar-refractivity contribution in [2.75, 3.05) is 6.61 Å². The fourth-order valence-electron chi connectivity index (χ4n) is 4.38. The third kappa shape index (κ3) is 1.38. The molecule has 0 bridgehead atoms. The van der Waals surface area contributed by atoms with Crippen LogP contribution in [0.4, 0.5) is 0 Å². The fraction of sp³-hybridized carbons (Fsp3) is 0.556. The molecule has 22 heavy (non-hydrogen) atoms. The first-order valence-corrected chi connectivity index (χ1v) is 7.71. The van der Waals surface area contributed by atoms with Crippen LogP contribution >= 0.6 is 0 Å². The molecule has 0 spiro atoms. The van der Waals surface area contributed by atoms with E-state index in [0.717, 1.165) is 5.56 Å². The van der Waals surface area contributed by atoms with Gasteiger partial charge in [-0.2, -0.15) is 0 Å². The van der Waals surface area contributed by atoms with Crippen molar-refractivity contribution in [3.8, 4) is 5.75 Å². The number of carbonyl (C=O) groups is 2. The molecule has 1 aromatic carbocycles. The van der Waals surface area contributed by atoms with Crippen molar-refractivity contribution in [3.05, 3.63) is 29.8 Å². The van der Waals surface area contributed by atoms with Gasteiger partial charge in [0.25, 0.3) is 0 Å². The van der Waals surface area contributed by atoms with E-state index in [2.05, 4.69) is 13.8 Å². The molecule has 0 amide bonds. The van der Waals surface area contributed by atoms with Crippen LogP contribution in [0.25, 0.3) is 0 Å². The van der Waals surface area contributed by atoms with E-state index < -0.39 is 22.8 Å². The SMILES string of the molecule is CCOC(=O)[C@@]12C(=O)Oc3ccccc3[C@@H]1C(C)(C)C2(C)C. The Morgan fingerprint density at radius 3 is 2.50 bits per heavy atom. The van der Waals surface area contributed by atoms with Crippen LogP contribution in [0.1, 0.15) is 46.1 Å². The lowest BCUT2D eigenvalue weighted by Gasteiger charge is -2.70. The third-order valence-corrected chi connectivity index (χ3v) is 6.10. The van der Waals surface area contributed by atoms with Gasteiger partial charge in [0.1, 0.15) is 5.75 Å². The van der Waals surface area contributed by atoms with Gasteiger partial charge in [-0.05, 0) is 23.8 Å². The molecule has 4 nitrogen and oxygen atoms in total. The van der Waals surface area contributed by atoms with Crippen molar-refractivity contribution >= 4 is 11.9 Å². The Bertz CT molecular complexity index is 659. The molecule has 0 unspecified atom stereocenters. The van der Waals surface area contributed by atoms with Crippen molar-refractivity contribution in [2.45, 2.75) is 40.5 Å². The van der Waals surface area contributed by atoms with Crippen molar-refractivity contribution in [1.29, 1.82) is 0 Å². The second-order valence-electron chi connectivity index (χ2n) is 7.24. The highest BCUT2D eigenvalue weighted by Gasteiger charge is 2.82. The number of benzene rings is 1. The highest BCUT2D eigenvalue weighted by atomic mass is 16.6. The molecule has 2 aliphatic rings. The van der Waals surface area contributed by atoms with Gasteiger partial charge in [-0.3, -0.25) is 9.59 Å². The molecule has 4 heteroatoms. The standard InChI is InChI=1S/C18H22O4/c1-6-21-14(19)18-13(16(2,3)17(18,4)5)11-9-7-8-10-12(11)22-15(18)20/h7-10,13H,6H2,1-5H3/t13-,18-/m1/s1. The van der Waals surface area contributed by atoms with E-state index in [1.54, 1.807) is 13.0 Å². The van der Waals surface area contributed by atoms with Gasteiger partial charge in [0.15, 0.2) is 5.41 Å². The molecule has 1 fully saturated rings. The number of carbonyl (C=O) groups excluding carboxylic acids is 2. The molecule has 0 aromatic heterocycles. The van der Waals surface area contributed by atoms with E-state index >= 15 is 0 Å². The van der Waals surface area contributed by atoms with Gasteiger partial charge in [0.05, 0.1) is 6.61 Å². The summed E-state index contributed by atoms with van der Waals surface area (Å²) in [6, 6.07) is 7.47. The summed E-state index contributed by atoms with van der Waals surface area (Å²) in [7, 11) is 0. The number of para-hydroxylation sites is 1. The zero-order valence-corrected chi connectivity index (χ0v) is 13.7. The van der Waals surface area contributed by atoms with Gasteiger partial charge in [0.2, 0.25) is 0 Å². The summed E-state index contributed by atoms with van der Waals surface area (Å²) in [4.78, 5) is 25.6. The van der Waals surface area contributed by atoms with Gasteiger partial charge < -0.3 is 9.47 Å². The minimum absolute atomic E-state index is 0.227. The number of hydrogen-bond acceptors (Lipinski definition) is 4. The lowest BCUT2D eigenvalue weighted by atomic mass is 9.31. The smallest absolute Gasteiger partial charge is 0.330 e. The van der Waals surface area contributed by atoms with Crippen molar-refractivity contribution in [1.82, 2.24) is 0 Å². The molecule has 0 radical (unpaired) electrons. The van der Waals surface area contributed by atoms with Gasteiger partial charge in [0, 0.05) is 11.5 Å². The molecule has 1 aromatic rings. The molecule has 0 saturated heterocycles. The maximum absolute atomic E-state index is 12.8. The third-order valence-electron chi connectivity index (χ3n) is 6.10. The minimum atomic E-state index is -1.26. The zero-order chi connectivity index (χ0) is 16.3. The lowest BCUT2D eigenvalue weighted by molar-refractivity contribution is -0.237. The van der Waals surface area contributed by atoms with Crippen LogP contribution in [0.2, 0.25) is 0 Å². The van der Waals surface area contributed by atoms with Crippen molar-refractivity contribution < 1.29 is 19.1 Å². The summed E-state index contributed by atoms with van der Waals surface area (Å²) >= 11 is 0. The summed E-state index contributed by atoms with van der Waals surface area (Å²) < 4.78 is 10.8. The first kappa shape index (κ1) is 15.1. The minimum Gasteiger partial charge on any atom is -0.465 e. The van der Waals surface area contributed by atoms with Gasteiger partial charge in [-0.15, -0.1) is 0 Å². The highest BCUT2D eigenvalue weighted by molar-refractivity contribution is 6.06. The molecule has 1 aliphatic heterocycles. The maximum atomic E-state index is 12.8. The molecule has 1 saturated carbocycles. The number of esters is 2. The predicted molar refractivity (Wildman–Crippen MR) is 81.4 cm³/mol. The van der Waals surface area contributed by atoms with Crippen LogP contribution < -0.4 is 4.74 Å². The van der Waals surface area contributed by atoms with Gasteiger partial charge in [-0.1, -0.05) is 45.9 Å². The van der Waals surface area contributed by atoms with Crippen LogP contribution in [0.3, 0.4) is 0 Å². The Labute approximate surface area is 130 Å². The number of rotatable bonds is 2. The van der Waals surface area contributed by atoms with Gasteiger partial charge >= 0.3 is 11.9 Å². The zero-order valence-electron chi connectivity index (χ0n) is 13.7. The average molecular weight is 302 g/mol. The first-order valence-electron chi connectivity index (χ1n) is 7.71. The van der Waals surface area contributed by atoms with Crippen LogP contribution in [0.15, 0.2) is 24.3 Å². The molecule has 2 atom stereocenters. The van der Waals surface area contributed by atoms with E-state index in [-0.39, 0.29) is 17.9 Å². The quantitative estimate of drug-likeness (QED) is 0.478. The molecular formula is C18H22O4. The van der Waals surface area contributed by atoms with Gasteiger partial charge in [-0.25, -0.2) is 0 Å². The Kier molecular flexibility index (Phi) is 2.97. The van der Waals surface area contributed by atoms with Crippen LogP contribution in [-0.2, 0) is 14.3 Å². The topological polar surface area (TPSA) is 52.6 Å². The second kappa shape index (κ2) is 4.34. The van der Waals surface area contributed by atoms with E-state index in [4.69, 9.17) is 9.47 Å². The number of ether oxygens (including phenoxy) is 2. The molecule has 1 heterocycles. The molecule has 0 N–H and O–H groups in total. The molecule has 1 aliphatic carbocycles.